The number of rotatable bonds is 8. The van der Waals surface area contributed by atoms with Crippen LogP contribution < -0.4 is 20.7 Å². The van der Waals surface area contributed by atoms with Gasteiger partial charge in [-0.2, -0.15) is 5.10 Å². The molecule has 30 heavy (non-hydrogen) atoms. The summed E-state index contributed by atoms with van der Waals surface area (Å²) >= 11 is 0. The Bertz CT molecular complexity index is 1100. The molecule has 0 saturated carbocycles. The van der Waals surface area contributed by atoms with Gasteiger partial charge in [0.2, 0.25) is 0 Å². The second kappa shape index (κ2) is 9.73. The van der Waals surface area contributed by atoms with Crippen molar-refractivity contribution in [3.05, 3.63) is 70.1 Å². The number of hydrogen-bond acceptors (Lipinski definition) is 6. The van der Waals surface area contributed by atoms with Gasteiger partial charge in [-0.1, -0.05) is 12.1 Å². The molecule has 3 rings (SSSR count). The third-order valence-electron chi connectivity index (χ3n) is 4.72. The largest absolute Gasteiger partial charge is 0.484 e. The van der Waals surface area contributed by atoms with Crippen molar-refractivity contribution in [2.75, 3.05) is 24.6 Å². The van der Waals surface area contributed by atoms with Crippen LogP contribution in [-0.4, -0.2) is 31.8 Å². The first-order chi connectivity index (χ1) is 14.5. The summed E-state index contributed by atoms with van der Waals surface area (Å²) in [7, 11) is 0. The monoisotopic (exact) mass is 407 g/mol. The average molecular weight is 407 g/mol. The van der Waals surface area contributed by atoms with Crippen molar-refractivity contribution >= 4 is 28.8 Å². The highest BCUT2D eigenvalue weighted by Gasteiger charge is 2.06. The predicted molar refractivity (Wildman–Crippen MR) is 118 cm³/mol. The molecule has 0 unspecified atom stereocenters. The molecule has 0 spiro atoms. The number of amides is 1. The molecule has 0 aliphatic carbocycles. The van der Waals surface area contributed by atoms with E-state index in [9.17, 15) is 9.59 Å². The Morgan fingerprint density at radius 2 is 1.87 bits per heavy atom. The van der Waals surface area contributed by atoms with E-state index in [-0.39, 0.29) is 6.61 Å². The Balaban J connectivity index is 1.53. The maximum absolute atomic E-state index is 12.0. The van der Waals surface area contributed by atoms with Crippen LogP contribution in [0.25, 0.3) is 11.0 Å². The van der Waals surface area contributed by atoms with Crippen molar-refractivity contribution in [2.45, 2.75) is 20.8 Å². The number of nitrogens with zero attached hydrogens (tertiary/aromatic N) is 2. The molecule has 0 saturated heterocycles. The highest BCUT2D eigenvalue weighted by atomic mass is 16.5. The molecule has 1 N–H and O–H groups in total. The van der Waals surface area contributed by atoms with E-state index in [2.05, 4.69) is 29.3 Å². The minimum atomic E-state index is -0.422. The van der Waals surface area contributed by atoms with Crippen molar-refractivity contribution in [1.29, 1.82) is 0 Å². The molecule has 0 radical (unpaired) electrons. The third kappa shape index (κ3) is 5.26. The minimum Gasteiger partial charge on any atom is -0.484 e. The van der Waals surface area contributed by atoms with Gasteiger partial charge in [-0.05, 0) is 56.2 Å². The molecule has 0 bridgehead atoms. The van der Waals surface area contributed by atoms with Gasteiger partial charge in [0.25, 0.3) is 5.91 Å². The van der Waals surface area contributed by atoms with Crippen molar-refractivity contribution in [3.63, 3.8) is 0 Å². The van der Waals surface area contributed by atoms with E-state index in [1.165, 1.54) is 6.07 Å². The van der Waals surface area contributed by atoms with Crippen LogP contribution in [0.3, 0.4) is 0 Å². The van der Waals surface area contributed by atoms with Crippen LogP contribution in [0.15, 0.2) is 62.8 Å². The first kappa shape index (κ1) is 21.1. The van der Waals surface area contributed by atoms with Crippen LogP contribution in [-0.2, 0) is 4.79 Å². The van der Waals surface area contributed by atoms with Crippen LogP contribution in [0.4, 0.5) is 5.69 Å². The molecule has 0 atom stereocenters. The number of hydrogen-bond donors (Lipinski definition) is 1. The molecule has 1 heterocycles. The van der Waals surface area contributed by atoms with E-state index in [0.29, 0.717) is 11.3 Å². The van der Waals surface area contributed by atoms with Crippen molar-refractivity contribution in [2.24, 2.45) is 5.10 Å². The quantitative estimate of drug-likeness (QED) is 0.351. The van der Waals surface area contributed by atoms with Crippen molar-refractivity contribution in [3.8, 4) is 5.75 Å². The molecule has 0 aliphatic rings. The Morgan fingerprint density at radius 3 is 2.57 bits per heavy atom. The third-order valence-corrected chi connectivity index (χ3v) is 4.72. The molecule has 0 aliphatic heterocycles. The highest BCUT2D eigenvalue weighted by molar-refractivity contribution is 5.84. The van der Waals surface area contributed by atoms with Gasteiger partial charge < -0.3 is 14.1 Å². The number of aryl methyl sites for hydroxylation is 1. The fourth-order valence-corrected chi connectivity index (χ4v) is 3.11. The smallest absolute Gasteiger partial charge is 0.336 e. The van der Waals surface area contributed by atoms with Crippen molar-refractivity contribution < 1.29 is 13.9 Å². The Morgan fingerprint density at radius 1 is 1.13 bits per heavy atom. The second-order valence-corrected chi connectivity index (χ2v) is 6.75. The average Bonchev–Trinajstić information content (AvgIpc) is 2.74. The standard InChI is InChI=1S/C23H25N3O4/c1-4-26(5-2)18-8-6-17(7-9-18)14-24-25-22(27)15-29-19-10-11-20-16(3)12-23(28)30-21(20)13-19/h6-14H,4-5,15H2,1-3H3,(H,25,27)/b24-14+. The van der Waals surface area contributed by atoms with E-state index < -0.39 is 11.5 Å². The summed E-state index contributed by atoms with van der Waals surface area (Å²) in [4.78, 5) is 25.7. The number of ether oxygens (including phenoxy) is 1. The van der Waals surface area contributed by atoms with E-state index in [1.54, 1.807) is 24.4 Å². The van der Waals surface area contributed by atoms with Crippen LogP contribution in [0, 0.1) is 6.92 Å². The van der Waals surface area contributed by atoms with Crippen LogP contribution in [0.5, 0.6) is 5.75 Å². The molecule has 7 heteroatoms. The molecule has 156 valence electrons. The summed E-state index contributed by atoms with van der Waals surface area (Å²) in [5, 5.41) is 4.79. The van der Waals surface area contributed by atoms with Gasteiger partial charge in [-0.25, -0.2) is 10.2 Å². The van der Waals surface area contributed by atoms with Gasteiger partial charge in [0.05, 0.1) is 6.21 Å². The van der Waals surface area contributed by atoms with E-state index in [0.717, 1.165) is 35.3 Å². The molecular weight excluding hydrogens is 382 g/mol. The Labute approximate surface area is 175 Å². The number of carbonyl (C=O) groups excluding carboxylic acids is 1. The maximum Gasteiger partial charge on any atom is 0.336 e. The molecule has 7 nitrogen and oxygen atoms in total. The fourth-order valence-electron chi connectivity index (χ4n) is 3.11. The number of hydrazone groups is 1. The number of nitrogens with one attached hydrogen (secondary N) is 1. The van der Waals surface area contributed by atoms with Crippen LogP contribution in [0.2, 0.25) is 0 Å². The number of carbonyl (C=O) groups is 1. The number of benzene rings is 2. The minimum absolute atomic E-state index is 0.209. The number of fused-ring (bicyclic) bond motifs is 1. The predicted octanol–water partition coefficient (Wildman–Crippen LogP) is 3.48. The first-order valence-corrected chi connectivity index (χ1v) is 9.84. The SMILES string of the molecule is CCN(CC)c1ccc(/C=N/NC(=O)COc2ccc3c(C)cc(=O)oc3c2)cc1. The van der Waals surface area contributed by atoms with Gasteiger partial charge in [0.1, 0.15) is 11.3 Å². The molecule has 1 aromatic heterocycles. The van der Waals surface area contributed by atoms with Gasteiger partial charge in [-0.15, -0.1) is 0 Å². The van der Waals surface area contributed by atoms with E-state index in [4.69, 9.17) is 9.15 Å². The summed E-state index contributed by atoms with van der Waals surface area (Å²) in [5.41, 5.74) is 5.29. The summed E-state index contributed by atoms with van der Waals surface area (Å²) in [6, 6.07) is 14.5. The topological polar surface area (TPSA) is 84.1 Å². The van der Waals surface area contributed by atoms with Crippen LogP contribution in [0.1, 0.15) is 25.0 Å². The van der Waals surface area contributed by atoms with E-state index >= 15 is 0 Å². The lowest BCUT2D eigenvalue weighted by Gasteiger charge is -2.20. The zero-order valence-corrected chi connectivity index (χ0v) is 17.3. The number of anilines is 1. The zero-order chi connectivity index (χ0) is 21.5. The lowest BCUT2D eigenvalue weighted by atomic mass is 10.1. The summed E-state index contributed by atoms with van der Waals surface area (Å²) in [5.74, 6) is 0.0409. The Hall–Kier alpha value is -3.61. The summed E-state index contributed by atoms with van der Waals surface area (Å²) < 4.78 is 10.7. The van der Waals surface area contributed by atoms with Gasteiger partial charge in [-0.3, -0.25) is 4.79 Å². The highest BCUT2D eigenvalue weighted by Crippen LogP contribution is 2.22. The van der Waals surface area contributed by atoms with E-state index in [1.807, 2.05) is 31.2 Å². The lowest BCUT2D eigenvalue weighted by Crippen LogP contribution is -2.24. The zero-order valence-electron chi connectivity index (χ0n) is 17.3. The fraction of sp³-hybridized carbons (Fsp3) is 0.261. The second-order valence-electron chi connectivity index (χ2n) is 6.75. The Kier molecular flexibility index (Phi) is 6.85. The molecule has 3 aromatic rings. The van der Waals surface area contributed by atoms with Gasteiger partial charge in [0, 0.05) is 36.3 Å². The van der Waals surface area contributed by atoms with Crippen molar-refractivity contribution in [1.82, 2.24) is 5.43 Å². The summed E-state index contributed by atoms with van der Waals surface area (Å²) in [6.45, 7) is 7.75. The molecular formula is C23H25N3O4. The first-order valence-electron chi connectivity index (χ1n) is 9.84. The molecule has 2 aromatic carbocycles. The van der Waals surface area contributed by atoms with Crippen LogP contribution >= 0.6 is 0 Å². The summed E-state index contributed by atoms with van der Waals surface area (Å²) in [6.07, 6.45) is 1.58. The maximum atomic E-state index is 12.0. The lowest BCUT2D eigenvalue weighted by molar-refractivity contribution is -0.123. The normalized spacial score (nSPS) is 11.0. The van der Waals surface area contributed by atoms with Gasteiger partial charge in [0.15, 0.2) is 6.61 Å². The molecule has 0 fully saturated rings. The molecule has 1 amide bonds. The van der Waals surface area contributed by atoms with Gasteiger partial charge >= 0.3 is 5.63 Å².